The Bertz CT molecular complexity index is 791. The molecule has 0 aromatic heterocycles. The average Bonchev–Trinajstić information content (AvgIpc) is 2.66. The third kappa shape index (κ3) is 5.45. The number of carbonyl (C=O) groups is 2. The number of hydrogen-bond acceptors (Lipinski definition) is 7. The third-order valence-electron chi connectivity index (χ3n) is 5.39. The molecule has 0 bridgehead atoms. The molecule has 0 unspecified atom stereocenters. The standard InChI is InChI=1S/C20H28FN5O4/c1-29-15-10-26(11-15)18(27)12-24-5-7-25(8-6-24)16-4-2-3-14(20(16)21)13-30-19(28)9-17(22)23/h2-4,15H,5-13H2,1H3,(H3,22,23). The minimum absolute atomic E-state index is 0.0947. The predicted octanol–water partition coefficient (Wildman–Crippen LogP) is 0.174. The molecule has 2 aliphatic rings. The van der Waals surface area contributed by atoms with Crippen molar-refractivity contribution in [1.29, 1.82) is 5.41 Å². The van der Waals surface area contributed by atoms with E-state index in [4.69, 9.17) is 20.6 Å². The van der Waals surface area contributed by atoms with Crippen LogP contribution >= 0.6 is 0 Å². The number of hydrogen-bond donors (Lipinski definition) is 2. The molecule has 0 atom stereocenters. The maximum atomic E-state index is 14.9. The van der Waals surface area contributed by atoms with Crippen LogP contribution in [0.5, 0.6) is 0 Å². The first-order valence-electron chi connectivity index (χ1n) is 9.91. The van der Waals surface area contributed by atoms with Gasteiger partial charge in [-0.1, -0.05) is 12.1 Å². The molecule has 1 aromatic carbocycles. The summed E-state index contributed by atoms with van der Waals surface area (Å²) in [6, 6.07) is 4.98. The highest BCUT2D eigenvalue weighted by Crippen LogP contribution is 2.24. The molecule has 0 spiro atoms. The second-order valence-corrected chi connectivity index (χ2v) is 7.53. The van der Waals surface area contributed by atoms with Crippen LogP contribution in [0.4, 0.5) is 10.1 Å². The molecule has 164 valence electrons. The number of nitrogens with zero attached hydrogens (tertiary/aromatic N) is 3. The van der Waals surface area contributed by atoms with Gasteiger partial charge in [0, 0.05) is 51.9 Å². The van der Waals surface area contributed by atoms with Crippen LogP contribution in [0, 0.1) is 11.2 Å². The van der Waals surface area contributed by atoms with E-state index in [1.54, 1.807) is 30.2 Å². The van der Waals surface area contributed by atoms with Crippen molar-refractivity contribution in [2.45, 2.75) is 19.1 Å². The van der Waals surface area contributed by atoms with E-state index in [1.807, 2.05) is 4.90 Å². The summed E-state index contributed by atoms with van der Waals surface area (Å²) >= 11 is 0. The number of anilines is 1. The quantitative estimate of drug-likeness (QED) is 0.350. The number of amidine groups is 1. The van der Waals surface area contributed by atoms with Crippen molar-refractivity contribution in [2.24, 2.45) is 5.73 Å². The number of ether oxygens (including phenoxy) is 2. The summed E-state index contributed by atoms with van der Waals surface area (Å²) in [5, 5.41) is 7.10. The van der Waals surface area contributed by atoms with E-state index in [0.29, 0.717) is 51.5 Å². The van der Waals surface area contributed by atoms with Crippen molar-refractivity contribution in [3.05, 3.63) is 29.6 Å². The molecular formula is C20H28FN5O4. The normalized spacial score (nSPS) is 17.5. The van der Waals surface area contributed by atoms with Crippen molar-refractivity contribution < 1.29 is 23.5 Å². The Kier molecular flexibility index (Phi) is 7.22. The second kappa shape index (κ2) is 9.86. The van der Waals surface area contributed by atoms with Crippen LogP contribution in [-0.2, 0) is 25.7 Å². The SMILES string of the molecule is COC1CN(C(=O)CN2CCN(c3cccc(COC(=O)CC(=N)N)c3F)CC2)C1. The Morgan fingerprint density at radius 3 is 2.57 bits per heavy atom. The van der Waals surface area contributed by atoms with Crippen molar-refractivity contribution in [3.63, 3.8) is 0 Å². The molecule has 0 aliphatic carbocycles. The molecule has 0 saturated carbocycles. The lowest BCUT2D eigenvalue weighted by Crippen LogP contribution is -2.58. The molecule has 9 nitrogen and oxygen atoms in total. The molecule has 3 N–H and O–H groups in total. The van der Waals surface area contributed by atoms with Gasteiger partial charge < -0.3 is 25.0 Å². The molecule has 2 aliphatic heterocycles. The number of methoxy groups -OCH3 is 1. The number of benzene rings is 1. The van der Waals surface area contributed by atoms with Crippen LogP contribution in [0.3, 0.4) is 0 Å². The van der Waals surface area contributed by atoms with E-state index in [0.717, 1.165) is 0 Å². The number of halogens is 1. The minimum atomic E-state index is -0.662. The average molecular weight is 421 g/mol. The Labute approximate surface area is 175 Å². The summed E-state index contributed by atoms with van der Waals surface area (Å²) in [6.45, 7) is 3.94. The van der Waals surface area contributed by atoms with Crippen LogP contribution in [0.2, 0.25) is 0 Å². The van der Waals surface area contributed by atoms with Gasteiger partial charge in [0.1, 0.15) is 18.9 Å². The summed E-state index contributed by atoms with van der Waals surface area (Å²) in [7, 11) is 1.65. The van der Waals surface area contributed by atoms with Crippen molar-refractivity contribution >= 4 is 23.4 Å². The van der Waals surface area contributed by atoms with Gasteiger partial charge >= 0.3 is 5.97 Å². The fraction of sp³-hybridized carbons (Fsp3) is 0.550. The topological polar surface area (TPSA) is 112 Å². The van der Waals surface area contributed by atoms with Crippen molar-refractivity contribution in [1.82, 2.24) is 9.80 Å². The summed E-state index contributed by atoms with van der Waals surface area (Å²) in [4.78, 5) is 29.6. The first-order chi connectivity index (χ1) is 14.4. The van der Waals surface area contributed by atoms with Gasteiger partial charge in [-0.15, -0.1) is 0 Å². The number of rotatable bonds is 8. The van der Waals surface area contributed by atoms with Crippen LogP contribution < -0.4 is 10.6 Å². The van der Waals surface area contributed by atoms with Crippen LogP contribution in [0.25, 0.3) is 0 Å². The molecule has 10 heteroatoms. The number of likely N-dealkylation sites (tertiary alicyclic amines) is 1. The Balaban J connectivity index is 1.50. The first kappa shape index (κ1) is 22.0. The van der Waals surface area contributed by atoms with Gasteiger partial charge in [-0.3, -0.25) is 19.9 Å². The van der Waals surface area contributed by atoms with E-state index in [1.165, 1.54) is 0 Å². The Morgan fingerprint density at radius 1 is 1.23 bits per heavy atom. The van der Waals surface area contributed by atoms with Gasteiger partial charge in [0.05, 0.1) is 18.3 Å². The van der Waals surface area contributed by atoms with Gasteiger partial charge in [-0.05, 0) is 6.07 Å². The van der Waals surface area contributed by atoms with E-state index >= 15 is 0 Å². The molecule has 1 aromatic rings. The smallest absolute Gasteiger partial charge is 0.313 e. The molecule has 3 rings (SSSR count). The molecule has 2 heterocycles. The van der Waals surface area contributed by atoms with Gasteiger partial charge in [0.15, 0.2) is 5.82 Å². The van der Waals surface area contributed by atoms with E-state index in [2.05, 4.69) is 4.90 Å². The minimum Gasteiger partial charge on any atom is -0.460 e. The maximum absolute atomic E-state index is 14.9. The van der Waals surface area contributed by atoms with E-state index in [9.17, 15) is 14.0 Å². The largest absolute Gasteiger partial charge is 0.460 e. The second-order valence-electron chi connectivity index (χ2n) is 7.53. The number of amides is 1. The number of nitrogens with two attached hydrogens (primary N) is 1. The Morgan fingerprint density at radius 2 is 1.93 bits per heavy atom. The first-order valence-corrected chi connectivity index (χ1v) is 9.91. The maximum Gasteiger partial charge on any atom is 0.313 e. The lowest BCUT2D eigenvalue weighted by atomic mass is 10.1. The fourth-order valence-electron chi connectivity index (χ4n) is 3.52. The molecule has 0 radical (unpaired) electrons. The van der Waals surface area contributed by atoms with Crippen LogP contribution in [-0.4, -0.2) is 86.5 Å². The highest BCUT2D eigenvalue weighted by atomic mass is 19.1. The van der Waals surface area contributed by atoms with Gasteiger partial charge in [0.2, 0.25) is 5.91 Å². The fourth-order valence-corrected chi connectivity index (χ4v) is 3.52. The van der Waals surface area contributed by atoms with Crippen molar-refractivity contribution in [3.8, 4) is 0 Å². The lowest BCUT2D eigenvalue weighted by molar-refractivity contribution is -0.144. The summed E-state index contributed by atoms with van der Waals surface area (Å²) in [5.41, 5.74) is 5.89. The van der Waals surface area contributed by atoms with Crippen molar-refractivity contribution in [2.75, 3.05) is 57.8 Å². The number of carbonyl (C=O) groups excluding carboxylic acids is 2. The van der Waals surface area contributed by atoms with Gasteiger partial charge in [0.25, 0.3) is 0 Å². The molecule has 30 heavy (non-hydrogen) atoms. The zero-order valence-corrected chi connectivity index (χ0v) is 17.1. The summed E-state index contributed by atoms with van der Waals surface area (Å²) in [6.07, 6.45) is -0.172. The zero-order chi connectivity index (χ0) is 21.7. The third-order valence-corrected chi connectivity index (χ3v) is 5.39. The summed E-state index contributed by atoms with van der Waals surface area (Å²) < 4.78 is 25.1. The highest BCUT2D eigenvalue weighted by molar-refractivity contribution is 5.94. The van der Waals surface area contributed by atoms with Crippen LogP contribution in [0.15, 0.2) is 18.2 Å². The summed E-state index contributed by atoms with van der Waals surface area (Å²) in [5.74, 6) is -1.29. The van der Waals surface area contributed by atoms with Gasteiger partial charge in [-0.2, -0.15) is 0 Å². The number of piperazine rings is 1. The van der Waals surface area contributed by atoms with E-state index < -0.39 is 11.8 Å². The van der Waals surface area contributed by atoms with Gasteiger partial charge in [-0.25, -0.2) is 4.39 Å². The predicted molar refractivity (Wildman–Crippen MR) is 109 cm³/mol. The highest BCUT2D eigenvalue weighted by Gasteiger charge is 2.32. The molecule has 2 saturated heterocycles. The number of esters is 1. The van der Waals surface area contributed by atoms with Crippen LogP contribution in [0.1, 0.15) is 12.0 Å². The molecule has 1 amide bonds. The zero-order valence-electron chi connectivity index (χ0n) is 17.1. The van der Waals surface area contributed by atoms with E-state index in [-0.39, 0.29) is 36.4 Å². The monoisotopic (exact) mass is 421 g/mol. The number of nitrogens with one attached hydrogen (secondary N) is 1. The molecule has 2 fully saturated rings. The molecular weight excluding hydrogens is 393 g/mol. The lowest BCUT2D eigenvalue weighted by Gasteiger charge is -2.41. The Hall–Kier alpha value is -2.72.